The minimum absolute atomic E-state index is 0.0481. The predicted molar refractivity (Wildman–Crippen MR) is 74.6 cm³/mol. The van der Waals surface area contributed by atoms with Gasteiger partial charge in [-0.1, -0.05) is 22.0 Å². The number of aromatic nitrogens is 2. The Balaban J connectivity index is 2.18. The van der Waals surface area contributed by atoms with Gasteiger partial charge in [0.1, 0.15) is 12.4 Å². The first-order chi connectivity index (χ1) is 9.49. The molecule has 2 N–H and O–H groups in total. The van der Waals surface area contributed by atoms with E-state index in [1.165, 1.54) is 12.4 Å². The Morgan fingerprint density at radius 3 is 2.85 bits per heavy atom. The van der Waals surface area contributed by atoms with Gasteiger partial charge in [-0.3, -0.25) is 4.57 Å². The number of halogens is 3. The average molecular weight is 346 g/mol. The van der Waals surface area contributed by atoms with Crippen LogP contribution >= 0.6 is 15.9 Å². The number of benzene rings is 1. The fourth-order valence-electron chi connectivity index (χ4n) is 1.79. The summed E-state index contributed by atoms with van der Waals surface area (Å²) < 4.78 is 32.6. The molecule has 1 atom stereocenters. The molecule has 0 saturated carbocycles. The molecule has 1 aromatic heterocycles. The third-order valence-electron chi connectivity index (χ3n) is 2.78. The molecule has 1 aromatic carbocycles. The Bertz CT molecular complexity index is 587. The quantitative estimate of drug-likeness (QED) is 0.899. The van der Waals surface area contributed by atoms with E-state index in [9.17, 15) is 8.78 Å². The molecule has 108 valence electrons. The second kappa shape index (κ2) is 6.32. The number of alkyl halides is 2. The van der Waals surface area contributed by atoms with Gasteiger partial charge in [0.05, 0.1) is 0 Å². The molecular weight excluding hydrogens is 332 g/mol. The van der Waals surface area contributed by atoms with E-state index in [0.29, 0.717) is 5.75 Å². The molecule has 0 amide bonds. The third-order valence-corrected chi connectivity index (χ3v) is 3.28. The highest BCUT2D eigenvalue weighted by molar-refractivity contribution is 9.10. The van der Waals surface area contributed by atoms with E-state index in [-0.39, 0.29) is 18.5 Å². The van der Waals surface area contributed by atoms with Gasteiger partial charge in [0, 0.05) is 28.5 Å². The molecule has 0 aliphatic rings. The van der Waals surface area contributed by atoms with Crippen molar-refractivity contribution < 1.29 is 13.5 Å². The lowest BCUT2D eigenvalue weighted by Crippen LogP contribution is -2.11. The van der Waals surface area contributed by atoms with Gasteiger partial charge in [0.2, 0.25) is 0 Å². The molecule has 7 heteroatoms. The fourth-order valence-corrected chi connectivity index (χ4v) is 2.13. The van der Waals surface area contributed by atoms with E-state index in [4.69, 9.17) is 10.5 Å². The van der Waals surface area contributed by atoms with Crippen LogP contribution < -0.4 is 10.5 Å². The fraction of sp³-hybridized carbons (Fsp3) is 0.308. The molecule has 1 unspecified atom stereocenters. The van der Waals surface area contributed by atoms with Crippen LogP contribution in [-0.4, -0.2) is 9.55 Å². The van der Waals surface area contributed by atoms with Crippen LogP contribution in [0.1, 0.15) is 30.9 Å². The summed E-state index contributed by atoms with van der Waals surface area (Å²) in [5.41, 5.74) is 6.66. The van der Waals surface area contributed by atoms with Crippen LogP contribution in [0, 0.1) is 0 Å². The van der Waals surface area contributed by atoms with Crippen LogP contribution in [0.25, 0.3) is 0 Å². The van der Waals surface area contributed by atoms with Crippen LogP contribution in [-0.2, 0) is 6.61 Å². The van der Waals surface area contributed by atoms with Crippen LogP contribution in [0.4, 0.5) is 8.78 Å². The molecule has 0 fully saturated rings. The van der Waals surface area contributed by atoms with Crippen molar-refractivity contribution in [3.63, 3.8) is 0 Å². The van der Waals surface area contributed by atoms with Gasteiger partial charge < -0.3 is 10.5 Å². The summed E-state index contributed by atoms with van der Waals surface area (Å²) >= 11 is 3.34. The minimum atomic E-state index is -2.63. The van der Waals surface area contributed by atoms with Gasteiger partial charge >= 0.3 is 6.55 Å². The largest absolute Gasteiger partial charge is 0.485 e. The zero-order valence-corrected chi connectivity index (χ0v) is 12.3. The maximum atomic E-state index is 12.7. The molecule has 0 aliphatic carbocycles. The van der Waals surface area contributed by atoms with Gasteiger partial charge in [-0.2, -0.15) is 8.78 Å². The van der Waals surface area contributed by atoms with Crippen LogP contribution in [0.3, 0.4) is 0 Å². The molecular formula is C13H14BrF2N3O. The van der Waals surface area contributed by atoms with Gasteiger partial charge in [0.15, 0.2) is 5.82 Å². The lowest BCUT2D eigenvalue weighted by atomic mass is 10.1. The van der Waals surface area contributed by atoms with Gasteiger partial charge in [-0.05, 0) is 19.1 Å². The average Bonchev–Trinajstić information content (AvgIpc) is 2.84. The zero-order valence-electron chi connectivity index (χ0n) is 10.8. The Morgan fingerprint density at radius 1 is 1.45 bits per heavy atom. The second-order valence-electron chi connectivity index (χ2n) is 4.29. The summed E-state index contributed by atoms with van der Waals surface area (Å²) in [7, 11) is 0. The molecule has 0 spiro atoms. The molecule has 0 aliphatic heterocycles. The predicted octanol–water partition coefficient (Wildman–Crippen LogP) is 3.64. The summed E-state index contributed by atoms with van der Waals surface area (Å²) in [4.78, 5) is 3.86. The molecule has 2 aromatic rings. The molecule has 4 nitrogen and oxygen atoms in total. The molecule has 20 heavy (non-hydrogen) atoms. The van der Waals surface area contributed by atoms with Crippen molar-refractivity contribution in [2.24, 2.45) is 5.73 Å². The van der Waals surface area contributed by atoms with Crippen molar-refractivity contribution in [1.82, 2.24) is 9.55 Å². The first kappa shape index (κ1) is 14.9. The van der Waals surface area contributed by atoms with E-state index < -0.39 is 6.55 Å². The maximum Gasteiger partial charge on any atom is 0.320 e. The van der Waals surface area contributed by atoms with Gasteiger partial charge in [-0.15, -0.1) is 0 Å². The Morgan fingerprint density at radius 2 is 2.20 bits per heavy atom. The van der Waals surface area contributed by atoms with E-state index in [1.807, 2.05) is 19.1 Å². The standard InChI is InChI=1S/C13H14BrF2N3O/c1-8(17)10-3-2-9(14)6-11(10)20-7-12-18-4-5-19(12)13(15)16/h2-6,8,13H,7,17H2,1H3. The maximum absolute atomic E-state index is 12.7. The summed E-state index contributed by atoms with van der Waals surface area (Å²) in [6, 6.07) is 5.23. The lowest BCUT2D eigenvalue weighted by molar-refractivity contribution is 0.0632. The monoisotopic (exact) mass is 345 g/mol. The number of hydrogen-bond acceptors (Lipinski definition) is 3. The summed E-state index contributed by atoms with van der Waals surface area (Å²) in [6.07, 6.45) is 2.54. The van der Waals surface area contributed by atoms with Crippen LogP contribution in [0.5, 0.6) is 5.75 Å². The van der Waals surface area contributed by atoms with Crippen molar-refractivity contribution in [3.8, 4) is 5.75 Å². The van der Waals surface area contributed by atoms with Gasteiger partial charge in [-0.25, -0.2) is 4.98 Å². The van der Waals surface area contributed by atoms with Crippen molar-refractivity contribution >= 4 is 15.9 Å². The first-order valence-corrected chi connectivity index (χ1v) is 6.76. The van der Waals surface area contributed by atoms with Gasteiger partial charge in [0.25, 0.3) is 0 Å². The zero-order chi connectivity index (χ0) is 14.7. The molecule has 2 rings (SSSR count). The number of nitrogens with zero attached hydrogens (tertiary/aromatic N) is 2. The highest BCUT2D eigenvalue weighted by atomic mass is 79.9. The molecule has 1 heterocycles. The van der Waals surface area contributed by atoms with E-state index in [0.717, 1.165) is 14.6 Å². The van der Waals surface area contributed by atoms with E-state index >= 15 is 0 Å². The molecule has 0 radical (unpaired) electrons. The summed E-state index contributed by atoms with van der Waals surface area (Å²) in [6.45, 7) is -0.851. The van der Waals surface area contributed by atoms with Crippen molar-refractivity contribution in [2.75, 3.05) is 0 Å². The number of nitrogens with two attached hydrogens (primary N) is 1. The third kappa shape index (κ3) is 3.34. The van der Waals surface area contributed by atoms with Crippen LogP contribution in [0.15, 0.2) is 35.1 Å². The normalized spacial score (nSPS) is 12.7. The van der Waals surface area contributed by atoms with Crippen molar-refractivity contribution in [1.29, 1.82) is 0 Å². The summed E-state index contributed by atoms with van der Waals surface area (Å²) in [5, 5.41) is 0. The highest BCUT2D eigenvalue weighted by Crippen LogP contribution is 2.28. The Kier molecular flexibility index (Phi) is 4.72. The summed E-state index contributed by atoms with van der Waals surface area (Å²) in [5.74, 6) is 0.716. The Hall–Kier alpha value is -1.47. The van der Waals surface area contributed by atoms with Crippen LogP contribution in [0.2, 0.25) is 0 Å². The minimum Gasteiger partial charge on any atom is -0.485 e. The second-order valence-corrected chi connectivity index (χ2v) is 5.20. The topological polar surface area (TPSA) is 53.1 Å². The lowest BCUT2D eigenvalue weighted by Gasteiger charge is -2.15. The smallest absolute Gasteiger partial charge is 0.320 e. The van der Waals surface area contributed by atoms with Crippen molar-refractivity contribution in [2.45, 2.75) is 26.1 Å². The number of ether oxygens (including phenoxy) is 1. The number of imidazole rings is 1. The van der Waals surface area contributed by atoms with Crippen molar-refractivity contribution in [3.05, 3.63) is 46.5 Å². The number of hydrogen-bond donors (Lipinski definition) is 1. The first-order valence-electron chi connectivity index (χ1n) is 5.96. The van der Waals surface area contributed by atoms with E-state index in [2.05, 4.69) is 20.9 Å². The molecule has 0 saturated heterocycles. The van der Waals surface area contributed by atoms with E-state index in [1.54, 1.807) is 6.07 Å². The number of rotatable bonds is 5. The Labute approximate surface area is 123 Å². The SMILES string of the molecule is CC(N)c1ccc(Br)cc1OCc1nccn1C(F)F. The molecule has 0 bridgehead atoms. The highest BCUT2D eigenvalue weighted by Gasteiger charge is 2.14.